The molecule has 0 saturated heterocycles. The zero-order chi connectivity index (χ0) is 24.3. The van der Waals surface area contributed by atoms with Gasteiger partial charge < -0.3 is 15.0 Å². The van der Waals surface area contributed by atoms with Crippen molar-refractivity contribution in [3.63, 3.8) is 0 Å². The summed E-state index contributed by atoms with van der Waals surface area (Å²) in [5.74, 6) is -0.992. The predicted molar refractivity (Wildman–Crippen MR) is 105 cm³/mol. The smallest absolute Gasteiger partial charge is 0.416 e. The Morgan fingerprint density at radius 3 is 1.94 bits per heavy atom. The molecule has 0 atom stereocenters. The highest BCUT2D eigenvalue weighted by molar-refractivity contribution is 6.09. The lowest BCUT2D eigenvalue weighted by Crippen LogP contribution is -2.26. The Hall–Kier alpha value is -3.24. The van der Waals surface area contributed by atoms with Gasteiger partial charge in [0.15, 0.2) is 5.78 Å². The van der Waals surface area contributed by atoms with E-state index in [1.807, 2.05) is 0 Å². The lowest BCUT2D eigenvalue weighted by molar-refractivity contribution is -0.143. The molecule has 0 heterocycles. The standard InChI is InChI=1S/C21H20F6N2O3/c1-29(2)17-5-4-13(8-12(17)6-7-28-19(31)32-3)18(30)14-9-15(20(22,23)24)11-16(10-14)21(25,26)27/h4-5,8-11H,6-7H2,1-3H3,(H,28,31). The number of hydrogen-bond acceptors (Lipinski definition) is 4. The van der Waals surface area contributed by atoms with Crippen LogP contribution in [0.3, 0.4) is 0 Å². The number of alkyl halides is 6. The SMILES string of the molecule is COC(=O)NCCc1cc(C(=O)c2cc(C(F)(F)F)cc(C(F)(F)F)c2)ccc1N(C)C. The van der Waals surface area contributed by atoms with Crippen LogP contribution in [0.2, 0.25) is 0 Å². The second-order valence-corrected chi connectivity index (χ2v) is 7.03. The van der Waals surface area contributed by atoms with Crippen molar-refractivity contribution in [2.45, 2.75) is 18.8 Å². The Labute approximate surface area is 180 Å². The fourth-order valence-corrected chi connectivity index (χ4v) is 2.99. The molecule has 0 saturated carbocycles. The number of carbonyl (C=O) groups is 2. The molecule has 32 heavy (non-hydrogen) atoms. The third kappa shape index (κ3) is 6.14. The van der Waals surface area contributed by atoms with E-state index < -0.39 is 40.9 Å². The number of ether oxygens (including phenoxy) is 1. The molecule has 0 aromatic heterocycles. The van der Waals surface area contributed by atoms with Gasteiger partial charge in [-0.1, -0.05) is 0 Å². The molecule has 1 N–H and O–H groups in total. The second kappa shape index (κ2) is 9.49. The van der Waals surface area contributed by atoms with Crippen LogP contribution in [0.25, 0.3) is 0 Å². The number of nitrogens with zero attached hydrogens (tertiary/aromatic N) is 1. The van der Waals surface area contributed by atoms with E-state index in [0.29, 0.717) is 23.4 Å². The van der Waals surface area contributed by atoms with Crippen LogP contribution >= 0.6 is 0 Å². The molecule has 0 spiro atoms. The van der Waals surface area contributed by atoms with Crippen LogP contribution in [0.1, 0.15) is 32.6 Å². The number of ketones is 1. The minimum absolute atomic E-state index is 0.0319. The van der Waals surface area contributed by atoms with Crippen molar-refractivity contribution in [3.05, 3.63) is 64.2 Å². The summed E-state index contributed by atoms with van der Waals surface area (Å²) >= 11 is 0. The molecule has 0 radical (unpaired) electrons. The van der Waals surface area contributed by atoms with Gasteiger partial charge in [-0.3, -0.25) is 4.79 Å². The van der Waals surface area contributed by atoms with E-state index in [1.54, 1.807) is 19.0 Å². The zero-order valence-electron chi connectivity index (χ0n) is 17.3. The van der Waals surface area contributed by atoms with Crippen molar-refractivity contribution in [1.82, 2.24) is 5.32 Å². The Kier molecular flexibility index (Phi) is 7.42. The van der Waals surface area contributed by atoms with Gasteiger partial charge in [0.2, 0.25) is 0 Å². The number of hydrogen-bond donors (Lipinski definition) is 1. The average Bonchev–Trinajstić information content (AvgIpc) is 2.71. The Bertz CT molecular complexity index is 968. The number of rotatable bonds is 6. The fraction of sp³-hybridized carbons (Fsp3) is 0.333. The topological polar surface area (TPSA) is 58.6 Å². The number of nitrogens with one attached hydrogen (secondary N) is 1. The van der Waals surface area contributed by atoms with Gasteiger partial charge in [0.25, 0.3) is 0 Å². The van der Waals surface area contributed by atoms with E-state index in [-0.39, 0.29) is 24.6 Å². The van der Waals surface area contributed by atoms with Crippen LogP contribution in [0.15, 0.2) is 36.4 Å². The molecule has 0 fully saturated rings. The van der Waals surface area contributed by atoms with Crippen molar-refractivity contribution in [2.75, 3.05) is 32.6 Å². The van der Waals surface area contributed by atoms with Crippen LogP contribution in [-0.2, 0) is 23.5 Å². The molecular formula is C21H20F6N2O3. The first-order valence-corrected chi connectivity index (χ1v) is 9.20. The molecule has 174 valence electrons. The van der Waals surface area contributed by atoms with Gasteiger partial charge in [-0.15, -0.1) is 0 Å². The van der Waals surface area contributed by atoms with Crippen LogP contribution < -0.4 is 10.2 Å². The molecule has 0 bridgehead atoms. The highest BCUT2D eigenvalue weighted by Gasteiger charge is 2.37. The van der Waals surface area contributed by atoms with E-state index in [2.05, 4.69) is 10.1 Å². The van der Waals surface area contributed by atoms with E-state index >= 15 is 0 Å². The molecule has 11 heteroatoms. The van der Waals surface area contributed by atoms with E-state index in [4.69, 9.17) is 0 Å². The Morgan fingerprint density at radius 2 is 1.47 bits per heavy atom. The second-order valence-electron chi connectivity index (χ2n) is 7.03. The summed E-state index contributed by atoms with van der Waals surface area (Å²) < 4.78 is 83.1. The van der Waals surface area contributed by atoms with E-state index in [9.17, 15) is 35.9 Å². The quantitative estimate of drug-likeness (QED) is 0.489. The predicted octanol–water partition coefficient (Wildman–Crippen LogP) is 4.92. The maximum atomic E-state index is 13.1. The van der Waals surface area contributed by atoms with Gasteiger partial charge in [-0.05, 0) is 48.4 Å². The molecule has 0 aliphatic carbocycles. The molecule has 1 amide bonds. The van der Waals surface area contributed by atoms with Gasteiger partial charge in [0, 0.05) is 37.5 Å². The first-order chi connectivity index (χ1) is 14.7. The number of benzene rings is 2. The molecule has 0 aliphatic rings. The maximum absolute atomic E-state index is 13.1. The summed E-state index contributed by atoms with van der Waals surface area (Å²) in [4.78, 5) is 25.8. The van der Waals surface area contributed by atoms with Gasteiger partial charge in [-0.25, -0.2) is 4.79 Å². The number of halogens is 6. The minimum Gasteiger partial charge on any atom is -0.453 e. The highest BCUT2D eigenvalue weighted by atomic mass is 19.4. The molecule has 5 nitrogen and oxygen atoms in total. The van der Waals surface area contributed by atoms with Crippen molar-refractivity contribution < 1.29 is 40.7 Å². The van der Waals surface area contributed by atoms with Crippen LogP contribution in [0.4, 0.5) is 36.8 Å². The molecule has 2 aromatic rings. The van der Waals surface area contributed by atoms with Crippen LogP contribution in [0.5, 0.6) is 0 Å². The minimum atomic E-state index is -5.06. The van der Waals surface area contributed by atoms with Gasteiger partial charge in [0.05, 0.1) is 18.2 Å². The zero-order valence-corrected chi connectivity index (χ0v) is 17.3. The van der Waals surface area contributed by atoms with Crippen LogP contribution in [0, 0.1) is 0 Å². The normalized spacial score (nSPS) is 11.8. The first kappa shape index (κ1) is 25.0. The summed E-state index contributed by atoms with van der Waals surface area (Å²) in [6.45, 7) is 0.132. The largest absolute Gasteiger partial charge is 0.453 e. The fourth-order valence-electron chi connectivity index (χ4n) is 2.99. The summed E-state index contributed by atoms with van der Waals surface area (Å²) in [6.07, 6.45) is -10.6. The lowest BCUT2D eigenvalue weighted by Gasteiger charge is -2.19. The number of amides is 1. The molecule has 2 rings (SSSR count). The number of carbonyl (C=O) groups excluding carboxylic acids is 2. The summed E-state index contributed by atoms with van der Waals surface area (Å²) in [5.41, 5.74) is -2.74. The third-order valence-electron chi connectivity index (χ3n) is 4.52. The molecule has 2 aromatic carbocycles. The number of methoxy groups -OCH3 is 1. The van der Waals surface area contributed by atoms with Gasteiger partial charge in [0.1, 0.15) is 0 Å². The lowest BCUT2D eigenvalue weighted by atomic mass is 9.95. The molecule has 0 unspecified atom stereocenters. The van der Waals surface area contributed by atoms with Gasteiger partial charge >= 0.3 is 18.4 Å². The van der Waals surface area contributed by atoms with Crippen molar-refractivity contribution >= 4 is 17.6 Å². The van der Waals surface area contributed by atoms with Crippen molar-refractivity contribution in [2.24, 2.45) is 0 Å². The average molecular weight is 462 g/mol. The monoisotopic (exact) mass is 462 g/mol. The number of alkyl carbamates (subject to hydrolysis) is 1. The summed E-state index contributed by atoms with van der Waals surface area (Å²) in [6, 6.07) is 4.99. The van der Waals surface area contributed by atoms with Crippen LogP contribution in [-0.4, -0.2) is 39.6 Å². The van der Waals surface area contributed by atoms with Crippen molar-refractivity contribution in [3.8, 4) is 0 Å². The van der Waals surface area contributed by atoms with Crippen molar-refractivity contribution in [1.29, 1.82) is 0 Å². The highest BCUT2D eigenvalue weighted by Crippen LogP contribution is 2.37. The third-order valence-corrected chi connectivity index (χ3v) is 4.52. The van der Waals surface area contributed by atoms with E-state index in [0.717, 1.165) is 0 Å². The first-order valence-electron chi connectivity index (χ1n) is 9.20. The maximum Gasteiger partial charge on any atom is 0.416 e. The molecular weight excluding hydrogens is 442 g/mol. The number of anilines is 1. The van der Waals surface area contributed by atoms with E-state index in [1.165, 1.54) is 25.3 Å². The van der Waals surface area contributed by atoms with Gasteiger partial charge in [-0.2, -0.15) is 26.3 Å². The summed E-state index contributed by atoms with van der Waals surface area (Å²) in [7, 11) is 4.62. The summed E-state index contributed by atoms with van der Waals surface area (Å²) in [5, 5.41) is 2.46. The molecule has 0 aliphatic heterocycles. The Balaban J connectivity index is 2.48. The Morgan fingerprint density at radius 1 is 0.906 bits per heavy atom.